The molecule has 0 saturated carbocycles. The molecule has 0 aliphatic carbocycles. The first-order valence-electron chi connectivity index (χ1n) is 9.91. The Balaban J connectivity index is 1.62. The van der Waals surface area contributed by atoms with Crippen LogP contribution < -0.4 is 16.0 Å². The number of fused-ring (bicyclic) bond motifs is 1. The van der Waals surface area contributed by atoms with Gasteiger partial charge in [-0.3, -0.25) is 9.59 Å². The van der Waals surface area contributed by atoms with Gasteiger partial charge in [0.1, 0.15) is 6.04 Å². The number of nitrogens with one attached hydrogen (secondary N) is 3. The molecular formula is C23H29N3O2. The van der Waals surface area contributed by atoms with E-state index in [1.165, 1.54) is 11.1 Å². The summed E-state index contributed by atoms with van der Waals surface area (Å²) in [7, 11) is 0. The highest BCUT2D eigenvalue weighted by atomic mass is 16.2. The lowest BCUT2D eigenvalue weighted by Crippen LogP contribution is -2.56. The lowest BCUT2D eigenvalue weighted by molar-refractivity contribution is -0.131. The van der Waals surface area contributed by atoms with E-state index in [0.717, 1.165) is 5.56 Å². The van der Waals surface area contributed by atoms with Crippen LogP contribution in [0.1, 0.15) is 43.5 Å². The van der Waals surface area contributed by atoms with E-state index in [0.29, 0.717) is 13.0 Å². The highest BCUT2D eigenvalue weighted by Gasteiger charge is 2.30. The van der Waals surface area contributed by atoms with Crippen molar-refractivity contribution >= 4 is 11.8 Å². The molecule has 2 aromatic carbocycles. The van der Waals surface area contributed by atoms with Gasteiger partial charge in [-0.25, -0.2) is 0 Å². The number of hydrogen-bond donors (Lipinski definition) is 3. The summed E-state index contributed by atoms with van der Waals surface area (Å²) in [5, 5.41) is 9.27. The molecule has 0 spiro atoms. The Bertz CT molecular complexity index is 820. The number of amides is 2. The van der Waals surface area contributed by atoms with Crippen LogP contribution in [0.15, 0.2) is 54.6 Å². The highest BCUT2D eigenvalue weighted by molar-refractivity contribution is 5.90. The van der Waals surface area contributed by atoms with Crippen LogP contribution in [0.2, 0.25) is 0 Å². The van der Waals surface area contributed by atoms with Crippen LogP contribution in [-0.2, 0) is 22.6 Å². The number of carbonyl (C=O) groups excluding carboxylic acids is 2. The van der Waals surface area contributed by atoms with Crippen LogP contribution >= 0.6 is 0 Å². The average molecular weight is 380 g/mol. The first-order valence-corrected chi connectivity index (χ1v) is 9.91. The van der Waals surface area contributed by atoms with Gasteiger partial charge in [0.05, 0.1) is 12.1 Å². The van der Waals surface area contributed by atoms with E-state index in [4.69, 9.17) is 0 Å². The van der Waals surface area contributed by atoms with Crippen molar-refractivity contribution in [1.82, 2.24) is 16.0 Å². The number of rotatable bonds is 6. The van der Waals surface area contributed by atoms with E-state index in [9.17, 15) is 9.59 Å². The second-order valence-corrected chi connectivity index (χ2v) is 7.78. The van der Waals surface area contributed by atoms with E-state index < -0.39 is 6.04 Å². The summed E-state index contributed by atoms with van der Waals surface area (Å²) in [6.07, 6.45) is 0.634. The molecule has 5 nitrogen and oxygen atoms in total. The molecule has 1 aliphatic heterocycles. The quantitative estimate of drug-likeness (QED) is 0.723. The van der Waals surface area contributed by atoms with E-state index >= 15 is 0 Å². The van der Waals surface area contributed by atoms with E-state index in [-0.39, 0.29) is 29.8 Å². The van der Waals surface area contributed by atoms with Crippen LogP contribution in [0.4, 0.5) is 0 Å². The van der Waals surface area contributed by atoms with Gasteiger partial charge >= 0.3 is 0 Å². The van der Waals surface area contributed by atoms with Gasteiger partial charge < -0.3 is 16.0 Å². The van der Waals surface area contributed by atoms with Gasteiger partial charge in [0.15, 0.2) is 0 Å². The second kappa shape index (κ2) is 9.02. The molecule has 1 heterocycles. The molecule has 3 rings (SSSR count). The topological polar surface area (TPSA) is 70.2 Å². The molecule has 2 aromatic rings. The van der Waals surface area contributed by atoms with Crippen molar-refractivity contribution in [3.63, 3.8) is 0 Å². The van der Waals surface area contributed by atoms with Crippen LogP contribution in [0.5, 0.6) is 0 Å². The average Bonchev–Trinajstić information content (AvgIpc) is 2.71. The third kappa shape index (κ3) is 4.78. The molecule has 2 amide bonds. The van der Waals surface area contributed by atoms with Gasteiger partial charge in [-0.05, 0) is 36.0 Å². The molecule has 0 aromatic heterocycles. The van der Waals surface area contributed by atoms with Crippen molar-refractivity contribution in [2.45, 2.75) is 51.9 Å². The summed E-state index contributed by atoms with van der Waals surface area (Å²) in [6, 6.07) is 16.9. The van der Waals surface area contributed by atoms with Crippen molar-refractivity contribution in [3.05, 3.63) is 71.3 Å². The van der Waals surface area contributed by atoms with Gasteiger partial charge in [-0.15, -0.1) is 0 Å². The zero-order chi connectivity index (χ0) is 20.1. The fourth-order valence-electron chi connectivity index (χ4n) is 3.56. The Kier molecular flexibility index (Phi) is 6.47. The van der Waals surface area contributed by atoms with E-state index in [2.05, 4.69) is 28.1 Å². The Morgan fingerprint density at radius 1 is 0.929 bits per heavy atom. The fraction of sp³-hybridized carbons (Fsp3) is 0.391. The first-order chi connectivity index (χ1) is 13.5. The van der Waals surface area contributed by atoms with E-state index in [1.54, 1.807) is 0 Å². The molecule has 3 atom stereocenters. The molecule has 28 heavy (non-hydrogen) atoms. The van der Waals surface area contributed by atoms with Crippen LogP contribution in [0.3, 0.4) is 0 Å². The molecule has 148 valence electrons. The molecule has 0 unspecified atom stereocenters. The summed E-state index contributed by atoms with van der Waals surface area (Å²) in [5.41, 5.74) is 3.45. The van der Waals surface area contributed by atoms with Crippen molar-refractivity contribution in [2.75, 3.05) is 0 Å². The molecule has 0 saturated heterocycles. The van der Waals surface area contributed by atoms with E-state index in [1.807, 2.05) is 63.2 Å². The monoisotopic (exact) mass is 379 g/mol. The van der Waals surface area contributed by atoms with Crippen molar-refractivity contribution in [1.29, 1.82) is 0 Å². The zero-order valence-electron chi connectivity index (χ0n) is 16.7. The third-order valence-corrected chi connectivity index (χ3v) is 5.30. The van der Waals surface area contributed by atoms with Crippen molar-refractivity contribution < 1.29 is 9.59 Å². The fourth-order valence-corrected chi connectivity index (χ4v) is 3.56. The minimum absolute atomic E-state index is 0.0113. The Labute approximate surface area is 166 Å². The van der Waals surface area contributed by atoms with Crippen molar-refractivity contribution in [3.8, 4) is 0 Å². The number of benzene rings is 2. The normalized spacial score (nSPS) is 18.1. The number of carbonyl (C=O) groups is 2. The SMILES string of the molecule is CC(C)[C@@H](NC(=O)[C@@H]1Cc2ccccc2CN1)C(=O)N[C@H](C)c1ccccc1. The summed E-state index contributed by atoms with van der Waals surface area (Å²) in [4.78, 5) is 25.7. The Morgan fingerprint density at radius 3 is 2.25 bits per heavy atom. The van der Waals surface area contributed by atoms with Crippen molar-refractivity contribution in [2.24, 2.45) is 5.92 Å². The van der Waals surface area contributed by atoms with Gasteiger partial charge in [0.25, 0.3) is 0 Å². The molecule has 0 radical (unpaired) electrons. The minimum Gasteiger partial charge on any atom is -0.348 e. The van der Waals surface area contributed by atoms with Gasteiger partial charge in [-0.2, -0.15) is 0 Å². The molecule has 3 N–H and O–H groups in total. The minimum atomic E-state index is -0.572. The predicted molar refractivity (Wildman–Crippen MR) is 111 cm³/mol. The Morgan fingerprint density at radius 2 is 1.57 bits per heavy atom. The molecule has 1 aliphatic rings. The van der Waals surface area contributed by atoms with Crippen LogP contribution in [0.25, 0.3) is 0 Å². The maximum atomic E-state index is 12.8. The zero-order valence-corrected chi connectivity index (χ0v) is 16.7. The highest BCUT2D eigenvalue weighted by Crippen LogP contribution is 2.17. The van der Waals surface area contributed by atoms with Gasteiger partial charge in [0.2, 0.25) is 11.8 Å². The molecule has 0 fully saturated rings. The summed E-state index contributed by atoms with van der Waals surface area (Å²) >= 11 is 0. The summed E-state index contributed by atoms with van der Waals surface area (Å²) < 4.78 is 0. The molecular weight excluding hydrogens is 350 g/mol. The Hall–Kier alpha value is -2.66. The molecule has 0 bridgehead atoms. The second-order valence-electron chi connectivity index (χ2n) is 7.78. The predicted octanol–water partition coefficient (Wildman–Crippen LogP) is 2.72. The number of hydrogen-bond acceptors (Lipinski definition) is 3. The largest absolute Gasteiger partial charge is 0.348 e. The van der Waals surface area contributed by atoms with Gasteiger partial charge in [0, 0.05) is 6.54 Å². The smallest absolute Gasteiger partial charge is 0.243 e. The maximum Gasteiger partial charge on any atom is 0.243 e. The van der Waals surface area contributed by atoms with Crippen LogP contribution in [0, 0.1) is 5.92 Å². The van der Waals surface area contributed by atoms with Gasteiger partial charge in [-0.1, -0.05) is 68.4 Å². The first kappa shape index (κ1) is 20.1. The van der Waals surface area contributed by atoms with Crippen LogP contribution in [-0.4, -0.2) is 23.9 Å². The molecule has 5 heteroatoms. The lowest BCUT2D eigenvalue weighted by Gasteiger charge is -2.29. The standard InChI is InChI=1S/C23H29N3O2/c1-15(2)21(23(28)25-16(3)17-9-5-4-6-10-17)26-22(27)20-13-18-11-7-8-12-19(18)14-24-20/h4-12,15-16,20-21,24H,13-14H2,1-3H3,(H,25,28)(H,26,27)/t16-,20+,21-/m1/s1. The maximum absolute atomic E-state index is 12.8. The summed E-state index contributed by atoms with van der Waals surface area (Å²) in [5.74, 6) is -0.297. The lowest BCUT2D eigenvalue weighted by atomic mass is 9.94. The summed E-state index contributed by atoms with van der Waals surface area (Å²) in [6.45, 7) is 6.51. The third-order valence-electron chi connectivity index (χ3n) is 5.30.